The largest absolute Gasteiger partial charge is 0.481 e. The van der Waals surface area contributed by atoms with Gasteiger partial charge in [0.15, 0.2) is 0 Å². The second-order valence-electron chi connectivity index (χ2n) is 5.77. The summed E-state index contributed by atoms with van der Waals surface area (Å²) >= 11 is 0. The molecule has 1 aromatic carbocycles. The lowest BCUT2D eigenvalue weighted by molar-refractivity contribution is -0.147. The molecule has 2 atom stereocenters. The highest BCUT2D eigenvalue weighted by molar-refractivity contribution is 5.95. The number of carbonyl (C=O) groups is 2. The third-order valence-electron chi connectivity index (χ3n) is 4.05. The summed E-state index contributed by atoms with van der Waals surface area (Å²) in [7, 11) is 3.87. The lowest BCUT2D eigenvalue weighted by atomic mass is 9.78. The van der Waals surface area contributed by atoms with Crippen LogP contribution in [0.15, 0.2) is 24.3 Å². The van der Waals surface area contributed by atoms with Gasteiger partial charge in [-0.2, -0.15) is 0 Å². The minimum Gasteiger partial charge on any atom is -0.481 e. The zero-order valence-electron chi connectivity index (χ0n) is 12.5. The Kier molecular flexibility index (Phi) is 4.83. The predicted molar refractivity (Wildman–Crippen MR) is 82.5 cm³/mol. The van der Waals surface area contributed by atoms with Gasteiger partial charge in [-0.25, -0.2) is 0 Å². The Morgan fingerprint density at radius 1 is 1.19 bits per heavy atom. The van der Waals surface area contributed by atoms with Crippen molar-refractivity contribution in [3.8, 4) is 0 Å². The van der Waals surface area contributed by atoms with Crippen molar-refractivity contribution >= 4 is 23.3 Å². The lowest BCUT2D eigenvalue weighted by Crippen LogP contribution is -2.36. The van der Waals surface area contributed by atoms with Gasteiger partial charge < -0.3 is 15.3 Å². The van der Waals surface area contributed by atoms with E-state index in [0.717, 1.165) is 18.5 Å². The number of hydrogen-bond donors (Lipinski definition) is 2. The van der Waals surface area contributed by atoms with Crippen LogP contribution in [0.25, 0.3) is 0 Å². The standard InChI is InChI=1S/C16H22N2O3/c1-18(2)12-7-5-6-11(10-12)17-15(19)13-8-3-4-9-14(13)16(20)21/h5-7,10,13-14H,3-4,8-9H2,1-2H3,(H,17,19)(H,20,21). The number of benzene rings is 1. The SMILES string of the molecule is CN(C)c1cccc(NC(=O)C2CCCCC2C(=O)O)c1. The van der Waals surface area contributed by atoms with Gasteiger partial charge >= 0.3 is 5.97 Å². The van der Waals surface area contributed by atoms with Gasteiger partial charge in [-0.15, -0.1) is 0 Å². The topological polar surface area (TPSA) is 69.6 Å². The molecule has 0 heterocycles. The van der Waals surface area contributed by atoms with Crippen LogP contribution in [0.1, 0.15) is 25.7 Å². The second kappa shape index (κ2) is 6.61. The van der Waals surface area contributed by atoms with Crippen LogP contribution >= 0.6 is 0 Å². The van der Waals surface area contributed by atoms with E-state index in [9.17, 15) is 14.7 Å². The van der Waals surface area contributed by atoms with Crippen molar-refractivity contribution in [3.05, 3.63) is 24.3 Å². The van der Waals surface area contributed by atoms with Crippen molar-refractivity contribution in [3.63, 3.8) is 0 Å². The van der Waals surface area contributed by atoms with Crippen LogP contribution in [-0.4, -0.2) is 31.1 Å². The summed E-state index contributed by atoms with van der Waals surface area (Å²) in [5, 5.41) is 12.1. The maximum atomic E-state index is 12.4. The maximum absolute atomic E-state index is 12.4. The summed E-state index contributed by atoms with van der Waals surface area (Å²) in [5.41, 5.74) is 1.70. The van der Waals surface area contributed by atoms with E-state index in [2.05, 4.69) is 5.32 Å². The van der Waals surface area contributed by atoms with Crippen molar-refractivity contribution in [1.29, 1.82) is 0 Å². The fourth-order valence-electron chi connectivity index (χ4n) is 2.84. The van der Waals surface area contributed by atoms with Crippen LogP contribution in [0, 0.1) is 11.8 Å². The number of carbonyl (C=O) groups excluding carboxylic acids is 1. The van der Waals surface area contributed by atoms with Crippen molar-refractivity contribution in [2.24, 2.45) is 11.8 Å². The summed E-state index contributed by atoms with van der Waals surface area (Å²) in [6, 6.07) is 7.54. The fraction of sp³-hybridized carbons (Fsp3) is 0.500. The Hall–Kier alpha value is -2.04. The number of anilines is 2. The Bertz CT molecular complexity index is 528. The van der Waals surface area contributed by atoms with Gasteiger partial charge in [-0.05, 0) is 31.0 Å². The Morgan fingerprint density at radius 3 is 2.48 bits per heavy atom. The molecule has 0 radical (unpaired) electrons. The first-order valence-corrected chi connectivity index (χ1v) is 7.30. The number of nitrogens with one attached hydrogen (secondary N) is 1. The van der Waals surface area contributed by atoms with Gasteiger partial charge in [0.25, 0.3) is 0 Å². The first kappa shape index (κ1) is 15.4. The summed E-state index contributed by atoms with van der Waals surface area (Å²) in [5.74, 6) is -2.04. The highest BCUT2D eigenvalue weighted by Crippen LogP contribution is 2.31. The van der Waals surface area contributed by atoms with Crippen molar-refractivity contribution < 1.29 is 14.7 Å². The molecule has 2 unspecified atom stereocenters. The average molecular weight is 290 g/mol. The van der Waals surface area contributed by atoms with E-state index in [0.29, 0.717) is 18.5 Å². The highest BCUT2D eigenvalue weighted by Gasteiger charge is 2.35. The third-order valence-corrected chi connectivity index (χ3v) is 4.05. The highest BCUT2D eigenvalue weighted by atomic mass is 16.4. The Labute approximate surface area is 125 Å². The minimum atomic E-state index is -0.864. The molecule has 0 bridgehead atoms. The van der Waals surface area contributed by atoms with E-state index in [-0.39, 0.29) is 5.91 Å². The smallest absolute Gasteiger partial charge is 0.307 e. The molecule has 0 saturated heterocycles. The summed E-state index contributed by atoms with van der Waals surface area (Å²) in [6.45, 7) is 0. The van der Waals surface area contributed by atoms with E-state index in [1.807, 2.05) is 43.3 Å². The molecule has 0 aliphatic heterocycles. The first-order valence-electron chi connectivity index (χ1n) is 7.30. The number of hydrogen-bond acceptors (Lipinski definition) is 3. The molecule has 114 valence electrons. The average Bonchev–Trinajstić information content (AvgIpc) is 2.47. The molecule has 1 fully saturated rings. The zero-order valence-corrected chi connectivity index (χ0v) is 12.5. The van der Waals surface area contributed by atoms with Crippen LogP contribution in [-0.2, 0) is 9.59 Å². The van der Waals surface area contributed by atoms with Crippen molar-refractivity contribution in [1.82, 2.24) is 0 Å². The number of carboxylic acids is 1. The first-order chi connectivity index (χ1) is 9.99. The molecule has 1 saturated carbocycles. The van der Waals surface area contributed by atoms with E-state index in [1.54, 1.807) is 0 Å². The molecule has 1 aliphatic carbocycles. The molecule has 2 rings (SSSR count). The lowest BCUT2D eigenvalue weighted by Gasteiger charge is -2.27. The van der Waals surface area contributed by atoms with Crippen LogP contribution in [0.4, 0.5) is 11.4 Å². The third kappa shape index (κ3) is 3.74. The van der Waals surface area contributed by atoms with Gasteiger partial charge in [-0.1, -0.05) is 18.9 Å². The number of carboxylic acid groups (broad SMARTS) is 1. The van der Waals surface area contributed by atoms with E-state index >= 15 is 0 Å². The quantitative estimate of drug-likeness (QED) is 0.894. The Balaban J connectivity index is 2.09. The predicted octanol–water partition coefficient (Wildman–Crippen LogP) is 2.58. The van der Waals surface area contributed by atoms with Gasteiger partial charge in [0.05, 0.1) is 11.8 Å². The molecule has 2 N–H and O–H groups in total. The van der Waals surface area contributed by atoms with E-state index < -0.39 is 17.8 Å². The molecule has 1 amide bonds. The van der Waals surface area contributed by atoms with Crippen LogP contribution in [0.5, 0.6) is 0 Å². The minimum absolute atomic E-state index is 0.182. The molecular weight excluding hydrogens is 268 g/mol. The van der Waals surface area contributed by atoms with Crippen molar-refractivity contribution in [2.75, 3.05) is 24.3 Å². The number of amides is 1. The molecule has 5 nitrogen and oxygen atoms in total. The van der Waals surface area contributed by atoms with Gasteiger partial charge in [0.2, 0.25) is 5.91 Å². The molecule has 5 heteroatoms. The van der Waals surface area contributed by atoms with Gasteiger partial charge in [0.1, 0.15) is 0 Å². The summed E-state index contributed by atoms with van der Waals surface area (Å²) < 4.78 is 0. The molecule has 1 aromatic rings. The van der Waals surface area contributed by atoms with Crippen LogP contribution in [0.3, 0.4) is 0 Å². The maximum Gasteiger partial charge on any atom is 0.307 e. The molecule has 21 heavy (non-hydrogen) atoms. The van der Waals surface area contributed by atoms with Gasteiger partial charge in [0, 0.05) is 25.5 Å². The number of nitrogens with zero attached hydrogens (tertiary/aromatic N) is 1. The fourth-order valence-corrected chi connectivity index (χ4v) is 2.84. The van der Waals surface area contributed by atoms with Gasteiger partial charge in [-0.3, -0.25) is 9.59 Å². The van der Waals surface area contributed by atoms with Crippen LogP contribution < -0.4 is 10.2 Å². The monoisotopic (exact) mass is 290 g/mol. The summed E-state index contributed by atoms with van der Waals surface area (Å²) in [6.07, 6.45) is 3.04. The molecule has 0 spiro atoms. The molecular formula is C16H22N2O3. The van der Waals surface area contributed by atoms with E-state index in [4.69, 9.17) is 0 Å². The molecule has 1 aliphatic rings. The normalized spacial score (nSPS) is 21.6. The number of aliphatic carboxylic acids is 1. The Morgan fingerprint density at radius 2 is 1.86 bits per heavy atom. The zero-order chi connectivity index (χ0) is 15.4. The van der Waals surface area contributed by atoms with Crippen molar-refractivity contribution in [2.45, 2.75) is 25.7 Å². The molecule has 0 aromatic heterocycles. The number of rotatable bonds is 4. The summed E-state index contributed by atoms with van der Waals surface area (Å²) in [4.78, 5) is 25.6. The second-order valence-corrected chi connectivity index (χ2v) is 5.77. The van der Waals surface area contributed by atoms with Crippen LogP contribution in [0.2, 0.25) is 0 Å². The van der Waals surface area contributed by atoms with E-state index in [1.165, 1.54) is 0 Å².